The maximum absolute atomic E-state index is 12.9. The van der Waals surface area contributed by atoms with Gasteiger partial charge in [0.2, 0.25) is 0 Å². The summed E-state index contributed by atoms with van der Waals surface area (Å²) in [5, 5.41) is 43.0. The zero-order valence-electron chi connectivity index (χ0n) is 40.2. The van der Waals surface area contributed by atoms with E-state index in [0.29, 0.717) is 68.8 Å². The van der Waals surface area contributed by atoms with Crippen molar-refractivity contribution in [2.75, 3.05) is 39.4 Å². The van der Waals surface area contributed by atoms with E-state index in [0.717, 1.165) is 35.3 Å². The molecule has 1 fully saturated rings. The lowest BCUT2D eigenvalue weighted by molar-refractivity contribution is 0.101. The van der Waals surface area contributed by atoms with Crippen molar-refractivity contribution in [2.24, 2.45) is 0 Å². The summed E-state index contributed by atoms with van der Waals surface area (Å²) in [5.74, 6) is 2.97. The summed E-state index contributed by atoms with van der Waals surface area (Å²) in [7, 11) is 1.79. The van der Waals surface area contributed by atoms with Gasteiger partial charge in [0.05, 0.1) is 46.7 Å². The highest BCUT2D eigenvalue weighted by Crippen LogP contribution is 2.46. The first-order valence-electron chi connectivity index (χ1n) is 22.6. The minimum absolute atomic E-state index is 0.261. The van der Waals surface area contributed by atoms with Crippen LogP contribution in [0.2, 0.25) is 0 Å². The number of anilines is 8. The Bertz CT molecular complexity index is 3290. The Labute approximate surface area is 410 Å². The molecule has 2 amide bonds. The van der Waals surface area contributed by atoms with Crippen molar-refractivity contribution in [1.29, 1.82) is 10.5 Å². The van der Waals surface area contributed by atoms with Gasteiger partial charge in [-0.05, 0) is 100 Å². The second kappa shape index (κ2) is 21.6. The first-order chi connectivity index (χ1) is 34.3. The lowest BCUT2D eigenvalue weighted by Gasteiger charge is -2.16. The van der Waals surface area contributed by atoms with Crippen LogP contribution in [0.1, 0.15) is 83.8 Å². The van der Waals surface area contributed by atoms with Gasteiger partial charge < -0.3 is 32.3 Å². The van der Waals surface area contributed by atoms with E-state index in [1.807, 2.05) is 70.2 Å². The van der Waals surface area contributed by atoms with Crippen LogP contribution in [0, 0.1) is 36.5 Å². The normalized spacial score (nSPS) is 12.0. The molecule has 7 N–H and O–H groups in total. The predicted molar refractivity (Wildman–Crippen MR) is 272 cm³/mol. The van der Waals surface area contributed by atoms with Gasteiger partial charge in [0, 0.05) is 77.6 Å². The van der Waals surface area contributed by atoms with E-state index in [1.165, 1.54) is 18.9 Å². The quantitative estimate of drug-likeness (QED) is 0.0630. The molecule has 0 unspecified atom stereocenters. The molecule has 0 spiro atoms. The second-order valence-electron chi connectivity index (χ2n) is 16.6. The molecule has 1 aliphatic carbocycles. The van der Waals surface area contributed by atoms with Gasteiger partial charge in [-0.25, -0.2) is 19.9 Å². The molecular formula is C51H52N18O2. The number of aromatic nitrogens is 10. The molecule has 6 heterocycles. The molecule has 1 saturated carbocycles. The summed E-state index contributed by atoms with van der Waals surface area (Å²) in [6.45, 7) is 11.5. The fourth-order valence-corrected chi connectivity index (χ4v) is 6.94. The molecule has 20 nitrogen and oxygen atoms in total. The fourth-order valence-electron chi connectivity index (χ4n) is 6.94. The Morgan fingerprint density at radius 2 is 1.20 bits per heavy atom. The Kier molecular flexibility index (Phi) is 15.0. The zero-order chi connectivity index (χ0) is 50.7. The van der Waals surface area contributed by atoms with E-state index in [1.54, 1.807) is 91.3 Å². The number of pyridine rings is 2. The molecule has 6 aromatic heterocycles. The summed E-state index contributed by atoms with van der Waals surface area (Å²) < 4.78 is 3.28. The molecule has 358 valence electrons. The van der Waals surface area contributed by atoms with Crippen LogP contribution in [0.5, 0.6) is 0 Å². The van der Waals surface area contributed by atoms with Crippen molar-refractivity contribution in [1.82, 2.24) is 49.5 Å². The molecule has 2 aromatic carbocycles. The van der Waals surface area contributed by atoms with Gasteiger partial charge in [-0.2, -0.15) is 30.1 Å². The van der Waals surface area contributed by atoms with Crippen molar-refractivity contribution in [3.05, 3.63) is 156 Å². The SMILES string of the molecule is CC.CNc1cc(-n2nccc2Nc2cc(NC(=O)c3ccnc(C4(C#N)CC4)c3)ccc2C)ncn1.Cc1ccc(NC(=O)c2ccnc(C(C)(C)C#N)c2)cc1Nc1ccnn1-c1cc(N)ncn1. The number of amides is 2. The number of rotatable bonds is 13. The Morgan fingerprint density at radius 1 is 0.662 bits per heavy atom. The number of nitrogens with one attached hydrogen (secondary N) is 5. The molecular weight excluding hydrogens is 897 g/mol. The number of nitrogens with two attached hydrogens (primary N) is 1. The lowest BCUT2D eigenvalue weighted by Crippen LogP contribution is -2.18. The first kappa shape index (κ1) is 49.3. The maximum atomic E-state index is 12.9. The van der Waals surface area contributed by atoms with Gasteiger partial charge >= 0.3 is 0 Å². The van der Waals surface area contributed by atoms with Crippen LogP contribution in [-0.4, -0.2) is 68.3 Å². The van der Waals surface area contributed by atoms with E-state index in [9.17, 15) is 20.1 Å². The number of nitriles is 2. The van der Waals surface area contributed by atoms with Gasteiger partial charge in [0.15, 0.2) is 11.6 Å². The number of nitrogen functional groups attached to an aromatic ring is 1. The van der Waals surface area contributed by atoms with Crippen LogP contribution in [-0.2, 0) is 10.8 Å². The number of hydrogen-bond donors (Lipinski definition) is 6. The fraction of sp³-hybridized carbons (Fsp3) is 0.216. The largest absolute Gasteiger partial charge is 0.384 e. The summed E-state index contributed by atoms with van der Waals surface area (Å²) in [5.41, 5.74) is 11.3. The number of benzene rings is 2. The standard InChI is InChI=1S/C25H23N9O.C24H23N9O.C2H6/c1-16-3-4-18(32-24(35)17-5-9-28-20(11-17)25(14-26)7-8-25)12-19(16)33-22-6-10-31-34(22)23-13-21(27-2)29-15-30-23;1-15-4-5-17(31-23(34)16-6-8-27-19(10-16)24(2,3)13-25)11-18(15)32-21-7-9-30-33(21)22-12-20(26)28-14-29-22;1-2/h3-6,9-13,15,33H,7-8H2,1-2H3,(H,32,35)(H,27,29,30);4-12,14,32H,1-3H3,(H,31,34)(H2,26,28,29);1-2H3. The predicted octanol–water partition coefficient (Wildman–Crippen LogP) is 8.73. The van der Waals surface area contributed by atoms with Crippen molar-refractivity contribution >= 4 is 57.8 Å². The molecule has 9 rings (SSSR count). The maximum Gasteiger partial charge on any atom is 0.255 e. The Balaban J connectivity index is 0.000000202. The molecule has 8 aromatic rings. The highest BCUT2D eigenvalue weighted by Gasteiger charge is 2.46. The molecule has 0 atom stereocenters. The van der Waals surface area contributed by atoms with Crippen LogP contribution in [0.25, 0.3) is 11.6 Å². The third-order valence-corrected chi connectivity index (χ3v) is 11.2. The van der Waals surface area contributed by atoms with Crippen molar-refractivity contribution in [3.63, 3.8) is 0 Å². The Morgan fingerprint density at radius 3 is 1.72 bits per heavy atom. The summed E-state index contributed by atoms with van der Waals surface area (Å²) >= 11 is 0. The van der Waals surface area contributed by atoms with Gasteiger partial charge in [-0.3, -0.25) is 19.6 Å². The molecule has 0 aliphatic heterocycles. The second-order valence-corrected chi connectivity index (χ2v) is 16.6. The monoisotopic (exact) mass is 948 g/mol. The van der Waals surface area contributed by atoms with Gasteiger partial charge in [-0.1, -0.05) is 26.0 Å². The minimum Gasteiger partial charge on any atom is -0.384 e. The van der Waals surface area contributed by atoms with E-state index < -0.39 is 10.8 Å². The summed E-state index contributed by atoms with van der Waals surface area (Å²) in [6, 6.07) is 29.4. The summed E-state index contributed by atoms with van der Waals surface area (Å²) in [4.78, 5) is 50.9. The minimum atomic E-state index is -0.797. The number of nitrogens with zero attached hydrogens (tertiary/aromatic N) is 12. The number of hydrogen-bond acceptors (Lipinski definition) is 16. The smallest absolute Gasteiger partial charge is 0.255 e. The average molecular weight is 949 g/mol. The van der Waals surface area contributed by atoms with Crippen LogP contribution in [0.3, 0.4) is 0 Å². The van der Waals surface area contributed by atoms with Gasteiger partial charge in [0.25, 0.3) is 11.8 Å². The molecule has 71 heavy (non-hydrogen) atoms. The summed E-state index contributed by atoms with van der Waals surface area (Å²) in [6.07, 6.45) is 10.8. The Hall–Kier alpha value is -9.56. The first-order valence-corrected chi connectivity index (χ1v) is 22.6. The topological polar surface area (TPSA) is 281 Å². The van der Waals surface area contributed by atoms with Gasteiger partial charge in [-0.15, -0.1) is 0 Å². The third-order valence-electron chi connectivity index (χ3n) is 11.2. The highest BCUT2D eigenvalue weighted by molar-refractivity contribution is 6.05. The van der Waals surface area contributed by atoms with Crippen LogP contribution in [0.4, 0.5) is 46.0 Å². The van der Waals surface area contributed by atoms with E-state index in [4.69, 9.17) is 5.73 Å². The van der Waals surface area contributed by atoms with Crippen molar-refractivity contribution in [2.45, 2.75) is 65.2 Å². The van der Waals surface area contributed by atoms with E-state index in [-0.39, 0.29) is 11.8 Å². The molecule has 0 saturated heterocycles. The van der Waals surface area contributed by atoms with Crippen LogP contribution < -0.4 is 32.3 Å². The molecule has 0 radical (unpaired) electrons. The van der Waals surface area contributed by atoms with E-state index in [2.05, 4.69) is 78.8 Å². The molecule has 0 bridgehead atoms. The van der Waals surface area contributed by atoms with E-state index >= 15 is 0 Å². The third kappa shape index (κ3) is 11.6. The average Bonchev–Trinajstić information content (AvgIpc) is 3.83. The number of aryl methyl sites for hydroxylation is 2. The highest BCUT2D eigenvalue weighted by atomic mass is 16.2. The zero-order valence-corrected chi connectivity index (χ0v) is 40.2. The molecule has 1 aliphatic rings. The number of carbonyl (C=O) groups is 2. The van der Waals surface area contributed by atoms with Crippen LogP contribution in [0.15, 0.2) is 122 Å². The lowest BCUT2D eigenvalue weighted by atomic mass is 9.90. The van der Waals surface area contributed by atoms with Crippen molar-refractivity contribution in [3.8, 4) is 23.8 Å². The van der Waals surface area contributed by atoms with Crippen molar-refractivity contribution < 1.29 is 9.59 Å². The number of carbonyl (C=O) groups excluding carboxylic acids is 2. The van der Waals surface area contributed by atoms with Gasteiger partial charge in [0.1, 0.15) is 35.9 Å². The van der Waals surface area contributed by atoms with Crippen LogP contribution >= 0.6 is 0 Å². The molecule has 20 heteroatoms.